The highest BCUT2D eigenvalue weighted by atomic mass is 32.2. The van der Waals surface area contributed by atoms with Gasteiger partial charge >= 0.3 is 23.9 Å². The summed E-state index contributed by atoms with van der Waals surface area (Å²) in [5.41, 5.74) is -1.15. The molecule has 11 heteroatoms. The summed E-state index contributed by atoms with van der Waals surface area (Å²) < 4.78 is 40.5. The Kier molecular flexibility index (Phi) is 9.42. The van der Waals surface area contributed by atoms with E-state index in [9.17, 15) is 23.4 Å². The molecule has 0 N–H and O–H groups in total. The van der Waals surface area contributed by atoms with E-state index in [2.05, 4.69) is 0 Å². The summed E-state index contributed by atoms with van der Waals surface area (Å²) in [5, 5.41) is -0.186. The van der Waals surface area contributed by atoms with Crippen LogP contribution in [0.2, 0.25) is 0 Å². The van der Waals surface area contributed by atoms with E-state index < -0.39 is 64.5 Å². The van der Waals surface area contributed by atoms with Crippen molar-refractivity contribution >= 4 is 34.7 Å². The summed E-state index contributed by atoms with van der Waals surface area (Å²) >= 11 is 0. The molecule has 0 aromatic carbocycles. The number of ether oxygens (including phenoxy) is 5. The van der Waals surface area contributed by atoms with Gasteiger partial charge in [-0.1, -0.05) is 19.3 Å². The van der Waals surface area contributed by atoms with Crippen molar-refractivity contribution in [2.75, 3.05) is 6.61 Å². The summed E-state index contributed by atoms with van der Waals surface area (Å²) in [4.78, 5) is 46.7. The number of rotatable bonds is 7. The van der Waals surface area contributed by atoms with Crippen molar-refractivity contribution in [2.24, 2.45) is 0 Å². The molecule has 2 rings (SSSR count). The maximum Gasteiger partial charge on any atom is 0.303 e. The third-order valence-corrected chi connectivity index (χ3v) is 7.02. The molecule has 1 heterocycles. The largest absolute Gasteiger partial charge is 0.463 e. The van der Waals surface area contributed by atoms with Crippen LogP contribution in [-0.4, -0.2) is 69.8 Å². The van der Waals surface area contributed by atoms with Gasteiger partial charge in [-0.25, -0.2) is 0 Å². The smallest absolute Gasteiger partial charge is 0.303 e. The zero-order valence-corrected chi connectivity index (χ0v) is 19.0. The molecule has 0 radical (unpaired) electrons. The minimum absolute atomic E-state index is 0.186. The van der Waals surface area contributed by atoms with Gasteiger partial charge in [0.1, 0.15) is 12.7 Å². The molecule has 10 nitrogen and oxygen atoms in total. The van der Waals surface area contributed by atoms with Gasteiger partial charge in [-0.05, 0) is 12.8 Å². The van der Waals surface area contributed by atoms with Crippen LogP contribution in [0.4, 0.5) is 0 Å². The van der Waals surface area contributed by atoms with Crippen molar-refractivity contribution in [3.05, 3.63) is 0 Å². The lowest BCUT2D eigenvalue weighted by Gasteiger charge is -2.44. The Hall–Kier alpha value is -2.01. The second-order valence-corrected chi connectivity index (χ2v) is 9.44. The molecular formula is C20H30O10S. The zero-order chi connectivity index (χ0) is 23.1. The maximum absolute atomic E-state index is 13.4. The molecule has 0 aromatic rings. The van der Waals surface area contributed by atoms with E-state index in [0.29, 0.717) is 0 Å². The van der Waals surface area contributed by atoms with Crippen LogP contribution in [0.25, 0.3) is 0 Å². The van der Waals surface area contributed by atoms with Crippen LogP contribution in [-0.2, 0) is 53.7 Å². The van der Waals surface area contributed by atoms with Gasteiger partial charge in [-0.15, -0.1) is 0 Å². The molecule has 6 atom stereocenters. The summed E-state index contributed by atoms with van der Waals surface area (Å²) in [7, 11) is -1.61. The predicted octanol–water partition coefficient (Wildman–Crippen LogP) is 1.15. The van der Waals surface area contributed by atoms with E-state index in [1.165, 1.54) is 6.92 Å². The average molecular weight is 463 g/mol. The Morgan fingerprint density at radius 3 is 1.81 bits per heavy atom. The molecule has 0 spiro atoms. The minimum Gasteiger partial charge on any atom is -0.463 e. The summed E-state index contributed by atoms with van der Waals surface area (Å²) in [6.45, 7) is 4.35. The van der Waals surface area contributed by atoms with Crippen molar-refractivity contribution in [3.63, 3.8) is 0 Å². The molecule has 1 saturated carbocycles. The molecule has 1 unspecified atom stereocenters. The Morgan fingerprint density at radius 2 is 1.29 bits per heavy atom. The Balaban J connectivity index is 2.43. The summed E-state index contributed by atoms with van der Waals surface area (Å²) in [5.74, 6) is -2.71. The maximum atomic E-state index is 13.4. The van der Waals surface area contributed by atoms with Crippen LogP contribution >= 0.6 is 0 Å². The van der Waals surface area contributed by atoms with Gasteiger partial charge in [-0.3, -0.25) is 23.4 Å². The van der Waals surface area contributed by atoms with Crippen LogP contribution < -0.4 is 0 Å². The van der Waals surface area contributed by atoms with Gasteiger partial charge in [0.2, 0.25) is 0 Å². The number of esters is 4. The summed E-state index contributed by atoms with van der Waals surface area (Å²) in [6.07, 6.45) is -0.514. The molecule has 2 fully saturated rings. The SMILES string of the molecule is CC(=O)OC[C@H]1O[C@H](S(=O)C2CCCCC2)[C@H](OC(C)=O)[C@@H](OC(C)=O)[C@@H]1OC(C)=O. The molecule has 2 aliphatic rings. The van der Waals surface area contributed by atoms with Crippen LogP contribution in [0.5, 0.6) is 0 Å². The van der Waals surface area contributed by atoms with Crippen LogP contribution in [0.1, 0.15) is 59.8 Å². The number of carbonyl (C=O) groups excluding carboxylic acids is 4. The molecular weight excluding hydrogens is 432 g/mol. The van der Waals surface area contributed by atoms with E-state index >= 15 is 0 Å². The van der Waals surface area contributed by atoms with Gasteiger partial charge in [0, 0.05) is 32.9 Å². The first kappa shape index (κ1) is 25.3. The fraction of sp³-hybridized carbons (Fsp3) is 0.800. The van der Waals surface area contributed by atoms with E-state index in [4.69, 9.17) is 23.7 Å². The van der Waals surface area contributed by atoms with Crippen LogP contribution in [0.3, 0.4) is 0 Å². The molecule has 176 valence electrons. The van der Waals surface area contributed by atoms with Crippen LogP contribution in [0.15, 0.2) is 0 Å². The summed E-state index contributed by atoms with van der Waals surface area (Å²) in [6, 6.07) is 0. The van der Waals surface area contributed by atoms with E-state index in [1.807, 2.05) is 0 Å². The lowest BCUT2D eigenvalue weighted by atomic mass is 9.99. The quantitative estimate of drug-likeness (QED) is 0.401. The Morgan fingerprint density at radius 1 is 0.774 bits per heavy atom. The van der Waals surface area contributed by atoms with Crippen molar-refractivity contribution in [3.8, 4) is 0 Å². The number of carbonyl (C=O) groups is 4. The molecule has 1 saturated heterocycles. The fourth-order valence-electron chi connectivity index (χ4n) is 3.86. The number of hydrogen-bond donors (Lipinski definition) is 0. The normalized spacial score (nSPS) is 30.0. The molecule has 1 aliphatic heterocycles. The lowest BCUT2D eigenvalue weighted by Crippen LogP contribution is -2.63. The second-order valence-electron chi connectivity index (χ2n) is 7.66. The Bertz CT molecular complexity index is 702. The van der Waals surface area contributed by atoms with Crippen molar-refractivity contribution in [1.82, 2.24) is 0 Å². The van der Waals surface area contributed by atoms with Gasteiger partial charge in [0.05, 0.1) is 10.8 Å². The molecule has 0 aromatic heterocycles. The van der Waals surface area contributed by atoms with Gasteiger partial charge in [0.15, 0.2) is 23.7 Å². The first-order chi connectivity index (χ1) is 14.6. The molecule has 0 bridgehead atoms. The second kappa shape index (κ2) is 11.6. The highest BCUT2D eigenvalue weighted by Gasteiger charge is 2.54. The predicted molar refractivity (Wildman–Crippen MR) is 107 cm³/mol. The lowest BCUT2D eigenvalue weighted by molar-refractivity contribution is -0.238. The van der Waals surface area contributed by atoms with E-state index in [0.717, 1.165) is 52.9 Å². The fourth-order valence-corrected chi connectivity index (χ4v) is 5.77. The van der Waals surface area contributed by atoms with Gasteiger partial charge in [0.25, 0.3) is 0 Å². The zero-order valence-electron chi connectivity index (χ0n) is 18.2. The molecule has 31 heavy (non-hydrogen) atoms. The van der Waals surface area contributed by atoms with E-state index in [-0.39, 0.29) is 11.9 Å². The highest BCUT2D eigenvalue weighted by molar-refractivity contribution is 7.86. The van der Waals surface area contributed by atoms with Gasteiger partial charge < -0.3 is 23.7 Å². The highest BCUT2D eigenvalue weighted by Crippen LogP contribution is 2.34. The standard InChI is InChI=1S/C20H30O10S/c1-11(21)26-10-16-17(27-12(2)22)18(28-13(3)23)19(29-14(4)24)20(30-16)31(25)15-8-6-5-7-9-15/h15-20H,5-10H2,1-4H3/t16-,17-,18+,19-,20-,31?/m1/s1. The van der Waals surface area contributed by atoms with Crippen molar-refractivity contribution in [2.45, 2.75) is 94.9 Å². The number of hydrogen-bond acceptors (Lipinski definition) is 10. The minimum atomic E-state index is -1.61. The average Bonchev–Trinajstić information content (AvgIpc) is 2.68. The third kappa shape index (κ3) is 7.27. The first-order valence-electron chi connectivity index (χ1n) is 10.3. The van der Waals surface area contributed by atoms with Gasteiger partial charge in [-0.2, -0.15) is 0 Å². The first-order valence-corrected chi connectivity index (χ1v) is 11.6. The van der Waals surface area contributed by atoms with Crippen molar-refractivity contribution in [1.29, 1.82) is 0 Å². The van der Waals surface area contributed by atoms with E-state index in [1.54, 1.807) is 0 Å². The third-order valence-electron chi connectivity index (χ3n) is 5.06. The Labute approximate surface area is 183 Å². The molecule has 0 amide bonds. The van der Waals surface area contributed by atoms with Crippen LogP contribution in [0, 0.1) is 0 Å². The van der Waals surface area contributed by atoms with Crippen molar-refractivity contribution < 1.29 is 47.1 Å². The topological polar surface area (TPSA) is 132 Å². The molecule has 1 aliphatic carbocycles. The monoisotopic (exact) mass is 462 g/mol.